The molecule has 1 unspecified atom stereocenters. The number of nitrogens with one attached hydrogen (secondary N) is 2. The highest BCUT2D eigenvalue weighted by Crippen LogP contribution is 2.26. The van der Waals surface area contributed by atoms with Gasteiger partial charge in [-0.2, -0.15) is 0 Å². The minimum absolute atomic E-state index is 0.0623. The second-order valence-electron chi connectivity index (χ2n) is 5.70. The van der Waals surface area contributed by atoms with Crippen molar-refractivity contribution in [2.45, 2.75) is 17.7 Å². The summed E-state index contributed by atoms with van der Waals surface area (Å²) in [5.41, 5.74) is 0.428. The third kappa shape index (κ3) is 4.53. The van der Waals surface area contributed by atoms with Crippen molar-refractivity contribution >= 4 is 27.5 Å². The maximum atomic E-state index is 12.2. The van der Waals surface area contributed by atoms with Crippen molar-refractivity contribution in [1.29, 1.82) is 0 Å². The number of carbonyl (C=O) groups excluding carboxylic acids is 2. The first kappa shape index (κ1) is 18.4. The molecule has 1 heterocycles. The number of nitrogens with two attached hydrogens (primary N) is 1. The lowest BCUT2D eigenvalue weighted by Gasteiger charge is -2.17. The van der Waals surface area contributed by atoms with Gasteiger partial charge in [0.25, 0.3) is 0 Å². The van der Waals surface area contributed by atoms with Crippen LogP contribution in [0.15, 0.2) is 29.2 Å². The van der Waals surface area contributed by atoms with Gasteiger partial charge in [0.1, 0.15) is 0 Å². The van der Waals surface area contributed by atoms with Crippen LogP contribution >= 0.6 is 0 Å². The first-order valence-electron chi connectivity index (χ1n) is 7.68. The number of primary sulfonamides is 1. The van der Waals surface area contributed by atoms with Gasteiger partial charge in [0, 0.05) is 25.2 Å². The van der Waals surface area contributed by atoms with Crippen LogP contribution in [0.4, 0.5) is 5.69 Å². The van der Waals surface area contributed by atoms with E-state index in [0.717, 1.165) is 13.0 Å². The van der Waals surface area contributed by atoms with E-state index in [1.807, 2.05) is 7.05 Å². The summed E-state index contributed by atoms with van der Waals surface area (Å²) in [5.74, 6) is -0.813. The molecule has 1 aromatic carbocycles. The molecule has 1 atom stereocenters. The van der Waals surface area contributed by atoms with Crippen molar-refractivity contribution in [3.8, 4) is 0 Å². The summed E-state index contributed by atoms with van der Waals surface area (Å²) < 4.78 is 22.9. The summed E-state index contributed by atoms with van der Waals surface area (Å²) in [6.07, 6.45) is 0.917. The van der Waals surface area contributed by atoms with Gasteiger partial charge >= 0.3 is 0 Å². The molecule has 8 nitrogen and oxygen atoms in total. The minimum atomic E-state index is -3.84. The second-order valence-corrected chi connectivity index (χ2v) is 7.26. The van der Waals surface area contributed by atoms with E-state index in [2.05, 4.69) is 10.6 Å². The van der Waals surface area contributed by atoms with Crippen molar-refractivity contribution in [1.82, 2.24) is 10.6 Å². The normalized spacial score (nSPS) is 18.0. The largest absolute Gasteiger partial charge is 0.356 e. The summed E-state index contributed by atoms with van der Waals surface area (Å²) >= 11 is 0. The summed E-state index contributed by atoms with van der Waals surface area (Å²) in [6, 6.07) is 5.86. The fourth-order valence-corrected chi connectivity index (χ4v) is 3.14. The molecule has 0 bridgehead atoms. The highest BCUT2D eigenvalue weighted by atomic mass is 32.2. The molecule has 0 radical (unpaired) electrons. The van der Waals surface area contributed by atoms with E-state index in [-0.39, 0.29) is 29.7 Å². The van der Waals surface area contributed by atoms with Gasteiger partial charge in [-0.15, -0.1) is 0 Å². The zero-order chi connectivity index (χ0) is 17.7. The molecule has 1 fully saturated rings. The Labute approximate surface area is 141 Å². The predicted molar refractivity (Wildman–Crippen MR) is 89.8 cm³/mol. The van der Waals surface area contributed by atoms with E-state index < -0.39 is 15.9 Å². The molecule has 1 aromatic rings. The van der Waals surface area contributed by atoms with Crippen molar-refractivity contribution in [3.05, 3.63) is 24.3 Å². The fourth-order valence-electron chi connectivity index (χ4n) is 2.58. The predicted octanol–water partition coefficient (Wildman–Crippen LogP) is -0.587. The molecule has 24 heavy (non-hydrogen) atoms. The summed E-state index contributed by atoms with van der Waals surface area (Å²) in [5, 5.41) is 10.9. The van der Waals surface area contributed by atoms with Crippen LogP contribution in [-0.2, 0) is 19.6 Å². The standard InChI is InChI=1S/C15H22N4O4S/c1-17-6-3-7-18-15(21)11-8-14(20)19(10-11)12-4-2-5-13(9-12)24(16,22)23/h2,4-5,9,11,17H,3,6-8,10H2,1H3,(H,18,21)(H2,16,22,23). The maximum Gasteiger partial charge on any atom is 0.238 e. The van der Waals surface area contributed by atoms with Crippen molar-refractivity contribution in [2.24, 2.45) is 11.1 Å². The van der Waals surface area contributed by atoms with Gasteiger partial charge in [-0.1, -0.05) is 6.07 Å². The smallest absolute Gasteiger partial charge is 0.238 e. The van der Waals surface area contributed by atoms with Gasteiger partial charge in [-0.25, -0.2) is 13.6 Å². The Morgan fingerprint density at radius 3 is 2.79 bits per heavy atom. The van der Waals surface area contributed by atoms with Crippen LogP contribution in [0.2, 0.25) is 0 Å². The molecule has 2 amide bonds. The number of carbonyl (C=O) groups is 2. The van der Waals surface area contributed by atoms with E-state index in [4.69, 9.17) is 5.14 Å². The van der Waals surface area contributed by atoms with E-state index in [9.17, 15) is 18.0 Å². The van der Waals surface area contributed by atoms with Crippen LogP contribution in [-0.4, -0.2) is 46.9 Å². The fraction of sp³-hybridized carbons (Fsp3) is 0.467. The van der Waals surface area contributed by atoms with Crippen molar-refractivity contribution in [2.75, 3.05) is 31.6 Å². The maximum absolute atomic E-state index is 12.2. The monoisotopic (exact) mass is 354 g/mol. The van der Waals surface area contributed by atoms with Gasteiger partial charge in [0.15, 0.2) is 0 Å². The second kappa shape index (κ2) is 7.73. The number of rotatable bonds is 7. The summed E-state index contributed by atoms with van der Waals surface area (Å²) in [6.45, 7) is 1.58. The highest BCUT2D eigenvalue weighted by Gasteiger charge is 2.35. The molecule has 1 aliphatic heterocycles. The third-order valence-corrected chi connectivity index (χ3v) is 4.77. The van der Waals surface area contributed by atoms with Crippen LogP contribution in [0.5, 0.6) is 0 Å². The van der Waals surface area contributed by atoms with Crippen LogP contribution in [0.3, 0.4) is 0 Å². The molecule has 1 aliphatic rings. The lowest BCUT2D eigenvalue weighted by atomic mass is 10.1. The summed E-state index contributed by atoms with van der Waals surface area (Å²) in [7, 11) is -2.00. The van der Waals surface area contributed by atoms with Gasteiger partial charge in [-0.05, 0) is 38.2 Å². The van der Waals surface area contributed by atoms with E-state index in [1.165, 1.54) is 23.1 Å². The Bertz CT molecular complexity index is 720. The number of sulfonamides is 1. The number of anilines is 1. The van der Waals surface area contributed by atoms with Crippen LogP contribution < -0.4 is 20.7 Å². The Balaban J connectivity index is 2.03. The van der Waals surface area contributed by atoms with Crippen molar-refractivity contribution in [3.63, 3.8) is 0 Å². The molecule has 0 aliphatic carbocycles. The molecule has 132 valence electrons. The van der Waals surface area contributed by atoms with Crippen LogP contribution in [0, 0.1) is 5.92 Å². The van der Waals surface area contributed by atoms with Gasteiger partial charge in [0.2, 0.25) is 21.8 Å². The molecular weight excluding hydrogens is 332 g/mol. The average Bonchev–Trinajstić information content (AvgIpc) is 2.93. The number of amides is 2. The summed E-state index contributed by atoms with van der Waals surface area (Å²) in [4.78, 5) is 25.7. The van der Waals surface area contributed by atoms with Gasteiger partial charge < -0.3 is 15.5 Å². The number of hydrogen-bond donors (Lipinski definition) is 3. The molecule has 0 aromatic heterocycles. The average molecular weight is 354 g/mol. The van der Waals surface area contributed by atoms with E-state index in [0.29, 0.717) is 12.2 Å². The Morgan fingerprint density at radius 2 is 2.12 bits per heavy atom. The molecule has 4 N–H and O–H groups in total. The topological polar surface area (TPSA) is 122 Å². The molecule has 9 heteroatoms. The van der Waals surface area contributed by atoms with Crippen LogP contribution in [0.25, 0.3) is 0 Å². The quantitative estimate of drug-likeness (QED) is 0.565. The SMILES string of the molecule is CNCCCNC(=O)C1CC(=O)N(c2cccc(S(N)(=O)=O)c2)C1. The highest BCUT2D eigenvalue weighted by molar-refractivity contribution is 7.89. The first-order valence-corrected chi connectivity index (χ1v) is 9.23. The van der Waals surface area contributed by atoms with Crippen LogP contribution in [0.1, 0.15) is 12.8 Å². The molecule has 1 saturated heterocycles. The Hall–Kier alpha value is -1.97. The molecule has 0 spiro atoms. The minimum Gasteiger partial charge on any atom is -0.356 e. The van der Waals surface area contributed by atoms with Gasteiger partial charge in [-0.3, -0.25) is 9.59 Å². The number of nitrogens with zero attached hydrogens (tertiary/aromatic N) is 1. The lowest BCUT2D eigenvalue weighted by molar-refractivity contribution is -0.126. The first-order chi connectivity index (χ1) is 11.3. The van der Waals surface area contributed by atoms with Crippen molar-refractivity contribution < 1.29 is 18.0 Å². The third-order valence-electron chi connectivity index (χ3n) is 3.86. The van der Waals surface area contributed by atoms with E-state index in [1.54, 1.807) is 6.07 Å². The zero-order valence-electron chi connectivity index (χ0n) is 13.5. The number of benzene rings is 1. The van der Waals surface area contributed by atoms with E-state index >= 15 is 0 Å². The lowest BCUT2D eigenvalue weighted by Crippen LogP contribution is -2.34. The zero-order valence-corrected chi connectivity index (χ0v) is 14.3. The molecule has 0 saturated carbocycles. The molecule has 2 rings (SSSR count). The Morgan fingerprint density at radius 1 is 1.38 bits per heavy atom. The molecular formula is C15H22N4O4S. The van der Waals surface area contributed by atoms with Gasteiger partial charge in [0.05, 0.1) is 10.8 Å². The Kier molecular flexibility index (Phi) is 5.92. The number of hydrogen-bond acceptors (Lipinski definition) is 5.